The van der Waals surface area contributed by atoms with E-state index in [0.717, 1.165) is 0 Å². The van der Waals surface area contributed by atoms with Crippen LogP contribution in [0.3, 0.4) is 0 Å². The number of ether oxygens (including phenoxy) is 1. The first-order valence-corrected chi connectivity index (χ1v) is 13.1. The molecule has 4 aromatic rings. The minimum absolute atomic E-state index is 0.117. The minimum atomic E-state index is -6.10. The van der Waals surface area contributed by atoms with Crippen molar-refractivity contribution < 1.29 is 35.3 Å². The Hall–Kier alpha value is -3.11. The number of hydrogen-bond acceptors (Lipinski definition) is 8. The van der Waals surface area contributed by atoms with Crippen LogP contribution in [0.5, 0.6) is 5.75 Å². The number of carbonyl (C=O) groups excluding carboxylic acids is 1. The lowest BCUT2D eigenvalue weighted by Gasteiger charge is -2.18. The first-order chi connectivity index (χ1) is 18.2. The molecule has 2 aromatic carbocycles. The maximum Gasteiger partial charge on any atom is 0.523 e. The van der Waals surface area contributed by atoms with E-state index < -0.39 is 34.2 Å². The van der Waals surface area contributed by atoms with Gasteiger partial charge in [-0.1, -0.05) is 34.8 Å². The van der Waals surface area contributed by atoms with Crippen molar-refractivity contribution in [2.45, 2.75) is 18.5 Å². The van der Waals surface area contributed by atoms with Gasteiger partial charge in [0, 0.05) is 6.07 Å². The van der Waals surface area contributed by atoms with Gasteiger partial charge in [0.05, 0.1) is 51.0 Å². The van der Waals surface area contributed by atoms with Gasteiger partial charge in [-0.2, -0.15) is 26.7 Å². The molecule has 1 amide bonds. The Morgan fingerprint density at radius 3 is 2.38 bits per heavy atom. The summed E-state index contributed by atoms with van der Waals surface area (Å²) in [5, 5.41) is 6.32. The van der Waals surface area contributed by atoms with Gasteiger partial charge in [-0.3, -0.25) is 4.79 Å². The molecule has 18 heteroatoms. The van der Waals surface area contributed by atoms with Crippen LogP contribution >= 0.6 is 34.8 Å². The molecule has 0 aliphatic carbocycles. The molecule has 0 spiro atoms. The van der Waals surface area contributed by atoms with Gasteiger partial charge in [-0.25, -0.2) is 18.8 Å². The summed E-state index contributed by atoms with van der Waals surface area (Å²) >= 11 is 18.6. The SMILES string of the molecule is COc1cc2nc(C(CNC(=O)c3c(Cl)cc(-n4cnc(C)n4)cc3Cl)OS(=O)(=O)C(F)(F)F)[nH]c2cc1Cl. The second-order valence-corrected chi connectivity index (χ2v) is 10.6. The number of aryl methyl sites for hydroxylation is 1. The van der Waals surface area contributed by atoms with Crippen LogP contribution in [-0.4, -0.2) is 58.2 Å². The molecule has 39 heavy (non-hydrogen) atoms. The van der Waals surface area contributed by atoms with E-state index in [9.17, 15) is 26.4 Å². The number of carbonyl (C=O) groups is 1. The number of nitrogens with one attached hydrogen (secondary N) is 2. The standard InChI is InChI=1S/C21H16Cl3F3N6O5S/c1-9-29-8-33(32-9)10-3-12(23)18(13(24)4-10)20(34)28-7-17(38-39(35,36)21(25,26)27)19-30-14-5-11(22)16(37-2)6-15(14)31-19/h3-6,8,17H,7H2,1-2H3,(H,28,34)(H,30,31). The summed E-state index contributed by atoms with van der Waals surface area (Å²) in [5.41, 5.74) is -5.16. The van der Waals surface area contributed by atoms with E-state index in [2.05, 4.69) is 29.6 Å². The van der Waals surface area contributed by atoms with Gasteiger partial charge in [0.2, 0.25) is 0 Å². The van der Waals surface area contributed by atoms with E-state index in [0.29, 0.717) is 11.5 Å². The van der Waals surface area contributed by atoms with E-state index in [1.165, 1.54) is 42.4 Å². The summed E-state index contributed by atoms with van der Waals surface area (Å²) in [6.45, 7) is 0.877. The van der Waals surface area contributed by atoms with Crippen LogP contribution in [0.25, 0.3) is 16.7 Å². The number of halogens is 6. The Morgan fingerprint density at radius 2 is 1.82 bits per heavy atom. The molecule has 4 rings (SSSR count). The Balaban J connectivity index is 1.64. The topological polar surface area (TPSA) is 141 Å². The lowest BCUT2D eigenvalue weighted by molar-refractivity contribution is -0.0575. The van der Waals surface area contributed by atoms with E-state index in [-0.39, 0.29) is 43.2 Å². The molecule has 0 fully saturated rings. The van der Waals surface area contributed by atoms with Gasteiger partial charge < -0.3 is 15.0 Å². The summed E-state index contributed by atoms with van der Waals surface area (Å²) in [4.78, 5) is 23.7. The number of amides is 1. The predicted molar refractivity (Wildman–Crippen MR) is 135 cm³/mol. The van der Waals surface area contributed by atoms with Crippen LogP contribution in [0.1, 0.15) is 28.1 Å². The molecule has 2 heterocycles. The summed E-state index contributed by atoms with van der Waals surface area (Å²) in [5.74, 6) is -0.596. The lowest BCUT2D eigenvalue weighted by atomic mass is 10.2. The van der Waals surface area contributed by atoms with Gasteiger partial charge in [-0.15, -0.1) is 0 Å². The third kappa shape index (κ3) is 6.06. The van der Waals surface area contributed by atoms with Gasteiger partial charge >= 0.3 is 15.6 Å². The first-order valence-electron chi connectivity index (χ1n) is 10.6. The van der Waals surface area contributed by atoms with Gasteiger partial charge in [0.25, 0.3) is 5.91 Å². The normalized spacial score (nSPS) is 13.0. The lowest BCUT2D eigenvalue weighted by Crippen LogP contribution is -2.34. The van der Waals surface area contributed by atoms with Crippen LogP contribution < -0.4 is 10.1 Å². The third-order valence-corrected chi connectivity index (χ3v) is 7.12. The van der Waals surface area contributed by atoms with Crippen molar-refractivity contribution in [2.75, 3.05) is 13.7 Å². The van der Waals surface area contributed by atoms with Crippen LogP contribution in [0, 0.1) is 6.92 Å². The maximum atomic E-state index is 13.1. The fourth-order valence-corrected chi connectivity index (χ4v) is 4.84. The molecule has 2 aromatic heterocycles. The number of rotatable bonds is 8. The van der Waals surface area contributed by atoms with Gasteiger partial charge in [-0.05, 0) is 25.1 Å². The zero-order valence-electron chi connectivity index (χ0n) is 19.7. The van der Waals surface area contributed by atoms with E-state index in [1.54, 1.807) is 6.92 Å². The molecule has 2 N–H and O–H groups in total. The number of imidazole rings is 1. The molecule has 11 nitrogen and oxygen atoms in total. The van der Waals surface area contributed by atoms with Crippen molar-refractivity contribution >= 4 is 61.9 Å². The van der Waals surface area contributed by atoms with Crippen molar-refractivity contribution in [3.05, 3.63) is 62.9 Å². The summed E-state index contributed by atoms with van der Waals surface area (Å²) in [6.07, 6.45) is -0.538. The number of aromatic amines is 1. The first kappa shape index (κ1) is 28.9. The molecular weight excluding hydrogens is 612 g/mol. The molecule has 0 aliphatic heterocycles. The summed E-state index contributed by atoms with van der Waals surface area (Å²) in [7, 11) is -4.76. The number of hydrogen-bond donors (Lipinski definition) is 2. The summed E-state index contributed by atoms with van der Waals surface area (Å²) < 4.78 is 73.8. The van der Waals surface area contributed by atoms with E-state index in [1.807, 2.05) is 0 Å². The number of alkyl halides is 3. The number of H-pyrrole nitrogens is 1. The van der Waals surface area contributed by atoms with E-state index in [4.69, 9.17) is 39.5 Å². The van der Waals surface area contributed by atoms with Crippen LogP contribution in [0.4, 0.5) is 13.2 Å². The quantitative estimate of drug-likeness (QED) is 0.211. The highest BCUT2D eigenvalue weighted by atomic mass is 35.5. The van der Waals surface area contributed by atoms with Crippen molar-refractivity contribution in [3.63, 3.8) is 0 Å². The molecule has 0 aliphatic rings. The Labute approximate surface area is 233 Å². The number of nitrogens with zero attached hydrogens (tertiary/aromatic N) is 4. The largest absolute Gasteiger partial charge is 0.523 e. The Bertz CT molecular complexity index is 1650. The fraction of sp³-hybridized carbons (Fsp3) is 0.238. The molecule has 0 saturated carbocycles. The molecule has 1 atom stereocenters. The fourth-order valence-electron chi connectivity index (χ4n) is 3.38. The zero-order valence-corrected chi connectivity index (χ0v) is 22.8. The number of methoxy groups -OCH3 is 1. The second kappa shape index (κ2) is 10.8. The van der Waals surface area contributed by atoms with Crippen molar-refractivity contribution in [2.24, 2.45) is 0 Å². The summed E-state index contributed by atoms with van der Waals surface area (Å²) in [6, 6.07) is 5.49. The minimum Gasteiger partial charge on any atom is -0.495 e. The Kier molecular flexibility index (Phi) is 8.01. The second-order valence-electron chi connectivity index (χ2n) is 7.84. The smallest absolute Gasteiger partial charge is 0.495 e. The van der Waals surface area contributed by atoms with Crippen LogP contribution in [0.2, 0.25) is 15.1 Å². The average molecular weight is 628 g/mol. The van der Waals surface area contributed by atoms with Crippen LogP contribution in [0.15, 0.2) is 30.6 Å². The molecule has 0 bridgehead atoms. The Morgan fingerprint density at radius 1 is 1.15 bits per heavy atom. The highest BCUT2D eigenvalue weighted by Crippen LogP contribution is 2.33. The average Bonchev–Trinajstić information content (AvgIpc) is 3.45. The van der Waals surface area contributed by atoms with Crippen molar-refractivity contribution in [1.82, 2.24) is 30.0 Å². The molecule has 208 valence electrons. The number of fused-ring (bicyclic) bond motifs is 1. The van der Waals surface area contributed by atoms with E-state index >= 15 is 0 Å². The number of benzene rings is 2. The van der Waals surface area contributed by atoms with Gasteiger partial charge in [0.15, 0.2) is 6.10 Å². The molecular formula is C21H16Cl3F3N6O5S. The predicted octanol–water partition coefficient (Wildman–Crippen LogP) is 4.76. The van der Waals surface area contributed by atoms with Crippen molar-refractivity contribution in [3.8, 4) is 11.4 Å². The molecule has 0 radical (unpaired) electrons. The zero-order chi connectivity index (χ0) is 28.7. The van der Waals surface area contributed by atoms with Crippen LogP contribution in [-0.2, 0) is 14.3 Å². The molecule has 1 unspecified atom stereocenters. The third-order valence-electron chi connectivity index (χ3n) is 5.18. The monoisotopic (exact) mass is 626 g/mol. The number of aromatic nitrogens is 5. The van der Waals surface area contributed by atoms with Crippen molar-refractivity contribution in [1.29, 1.82) is 0 Å². The molecule has 0 saturated heterocycles. The highest BCUT2D eigenvalue weighted by molar-refractivity contribution is 7.87. The highest BCUT2D eigenvalue weighted by Gasteiger charge is 2.49. The van der Waals surface area contributed by atoms with Gasteiger partial charge in [0.1, 0.15) is 23.7 Å². The maximum absolute atomic E-state index is 13.1.